The number of hydrogen-bond donors (Lipinski definition) is 1. The highest BCUT2D eigenvalue weighted by atomic mass is 32.1. The van der Waals surface area contributed by atoms with Gasteiger partial charge in [0.15, 0.2) is 5.13 Å². The number of thiazole rings is 1. The van der Waals surface area contributed by atoms with Gasteiger partial charge in [-0.15, -0.1) is 11.3 Å². The summed E-state index contributed by atoms with van der Waals surface area (Å²) in [5, 5.41) is 3.37. The van der Waals surface area contributed by atoms with Gasteiger partial charge < -0.3 is 4.74 Å². The number of aromatic nitrogens is 1. The zero-order chi connectivity index (χ0) is 14.5. The van der Waals surface area contributed by atoms with Gasteiger partial charge in [-0.25, -0.2) is 4.98 Å². The van der Waals surface area contributed by atoms with E-state index < -0.39 is 0 Å². The summed E-state index contributed by atoms with van der Waals surface area (Å²) in [7, 11) is 1.61. The van der Waals surface area contributed by atoms with E-state index in [1.54, 1.807) is 13.2 Å². The Bertz CT molecular complexity index is 628. The predicted molar refractivity (Wildman–Crippen MR) is 82.2 cm³/mol. The second kappa shape index (κ2) is 6.34. The van der Waals surface area contributed by atoms with Gasteiger partial charge in [-0.3, -0.25) is 10.1 Å². The van der Waals surface area contributed by atoms with Crippen LogP contribution in [0.1, 0.15) is 16.1 Å². The maximum absolute atomic E-state index is 11.8. The van der Waals surface area contributed by atoms with E-state index in [1.807, 2.05) is 38.1 Å². The van der Waals surface area contributed by atoms with Crippen molar-refractivity contribution in [3.63, 3.8) is 0 Å². The first-order valence-electron chi connectivity index (χ1n) is 6.16. The van der Waals surface area contributed by atoms with E-state index in [2.05, 4.69) is 10.3 Å². The lowest BCUT2D eigenvalue weighted by Crippen LogP contribution is -2.07. The van der Waals surface area contributed by atoms with Crippen LogP contribution in [0.5, 0.6) is 5.75 Å². The lowest BCUT2D eigenvalue weighted by atomic mass is 10.2. The normalized spacial score (nSPS) is 10.8. The average molecular weight is 288 g/mol. The Kier molecular flexibility index (Phi) is 4.53. The van der Waals surface area contributed by atoms with E-state index in [0.717, 1.165) is 21.9 Å². The Labute approximate surface area is 122 Å². The number of carbonyl (C=O) groups excluding carboxylic acids is 1. The predicted octanol–water partition coefficient (Wildman–Crippen LogP) is 3.42. The van der Waals surface area contributed by atoms with Crippen LogP contribution in [0.15, 0.2) is 30.3 Å². The van der Waals surface area contributed by atoms with Crippen molar-refractivity contribution in [2.75, 3.05) is 12.4 Å². The number of nitrogens with one attached hydrogen (secondary N) is 1. The molecule has 0 aliphatic rings. The van der Waals surface area contributed by atoms with Crippen molar-refractivity contribution >= 4 is 28.5 Å². The topological polar surface area (TPSA) is 51.2 Å². The molecule has 0 aliphatic heterocycles. The molecule has 0 bridgehead atoms. The maximum Gasteiger partial charge on any atom is 0.250 e. The number of nitrogens with zero attached hydrogens (tertiary/aromatic N) is 1. The molecule has 20 heavy (non-hydrogen) atoms. The Morgan fingerprint density at radius 1 is 1.35 bits per heavy atom. The molecule has 1 aromatic heterocycles. The monoisotopic (exact) mass is 288 g/mol. The van der Waals surface area contributed by atoms with Crippen molar-refractivity contribution < 1.29 is 9.53 Å². The quantitative estimate of drug-likeness (QED) is 0.877. The van der Waals surface area contributed by atoms with Crippen molar-refractivity contribution in [2.24, 2.45) is 0 Å². The molecule has 5 heteroatoms. The molecule has 0 atom stereocenters. The minimum atomic E-state index is -0.204. The number of hydrogen-bond acceptors (Lipinski definition) is 4. The standard InChI is InChI=1S/C15H16N2O2S/c1-10-11(2)20-15(16-10)17-14(18)9-8-12-6-4-5-7-13(12)19-3/h4-9H,1-3H3,(H,16,17,18)/b9-8+. The van der Waals surface area contributed by atoms with Crippen LogP contribution in [-0.4, -0.2) is 18.0 Å². The fourth-order valence-electron chi connectivity index (χ4n) is 1.64. The number of carbonyl (C=O) groups is 1. The Morgan fingerprint density at radius 3 is 2.75 bits per heavy atom. The molecule has 104 valence electrons. The van der Waals surface area contributed by atoms with Crippen LogP contribution in [0, 0.1) is 13.8 Å². The summed E-state index contributed by atoms with van der Waals surface area (Å²) >= 11 is 1.47. The summed E-state index contributed by atoms with van der Waals surface area (Å²) in [4.78, 5) is 17.2. The fourth-order valence-corrected chi connectivity index (χ4v) is 2.46. The maximum atomic E-state index is 11.8. The molecule has 0 fully saturated rings. The van der Waals surface area contributed by atoms with Gasteiger partial charge in [-0.1, -0.05) is 18.2 Å². The second-order valence-corrected chi connectivity index (χ2v) is 5.43. The molecule has 4 nitrogen and oxygen atoms in total. The van der Waals surface area contributed by atoms with E-state index in [9.17, 15) is 4.79 Å². The van der Waals surface area contributed by atoms with E-state index in [-0.39, 0.29) is 5.91 Å². The highest BCUT2D eigenvalue weighted by molar-refractivity contribution is 7.15. The number of ether oxygens (including phenoxy) is 1. The van der Waals surface area contributed by atoms with Gasteiger partial charge in [0.1, 0.15) is 5.75 Å². The molecule has 0 saturated carbocycles. The minimum absolute atomic E-state index is 0.204. The van der Waals surface area contributed by atoms with Gasteiger partial charge in [0, 0.05) is 16.5 Å². The van der Waals surface area contributed by atoms with Gasteiger partial charge in [-0.2, -0.15) is 0 Å². The summed E-state index contributed by atoms with van der Waals surface area (Å²) in [6.07, 6.45) is 3.20. The number of methoxy groups -OCH3 is 1. The van der Waals surface area contributed by atoms with Gasteiger partial charge in [0.05, 0.1) is 12.8 Å². The summed E-state index contributed by atoms with van der Waals surface area (Å²) in [6, 6.07) is 7.52. The lowest BCUT2D eigenvalue weighted by molar-refractivity contribution is -0.111. The van der Waals surface area contributed by atoms with Gasteiger partial charge in [0.25, 0.3) is 0 Å². The molecule has 1 aromatic carbocycles. The molecule has 1 N–H and O–H groups in total. The number of anilines is 1. The molecular formula is C15H16N2O2S. The first-order valence-corrected chi connectivity index (χ1v) is 6.98. The molecule has 0 spiro atoms. The highest BCUT2D eigenvalue weighted by Gasteiger charge is 2.05. The number of rotatable bonds is 4. The number of benzene rings is 1. The average Bonchev–Trinajstić information content (AvgIpc) is 2.75. The molecule has 0 saturated heterocycles. The summed E-state index contributed by atoms with van der Waals surface area (Å²) in [5.41, 5.74) is 1.80. The second-order valence-electron chi connectivity index (χ2n) is 4.23. The Morgan fingerprint density at radius 2 is 2.10 bits per heavy atom. The van der Waals surface area contributed by atoms with Crippen LogP contribution in [0.4, 0.5) is 5.13 Å². The van der Waals surface area contributed by atoms with Crippen LogP contribution < -0.4 is 10.1 Å². The lowest BCUT2D eigenvalue weighted by Gasteiger charge is -2.03. The smallest absolute Gasteiger partial charge is 0.250 e. The molecule has 0 radical (unpaired) electrons. The largest absolute Gasteiger partial charge is 0.496 e. The summed E-state index contributed by atoms with van der Waals surface area (Å²) < 4.78 is 5.22. The van der Waals surface area contributed by atoms with Crippen LogP contribution in [-0.2, 0) is 4.79 Å². The van der Waals surface area contributed by atoms with Crippen LogP contribution >= 0.6 is 11.3 Å². The number of para-hydroxylation sites is 1. The first-order chi connectivity index (χ1) is 9.60. The molecule has 0 unspecified atom stereocenters. The van der Waals surface area contributed by atoms with Crippen LogP contribution in [0.3, 0.4) is 0 Å². The van der Waals surface area contributed by atoms with E-state index in [1.165, 1.54) is 17.4 Å². The third-order valence-corrected chi connectivity index (χ3v) is 3.80. The summed E-state index contributed by atoms with van der Waals surface area (Å²) in [5.74, 6) is 0.530. The number of amides is 1. The van der Waals surface area contributed by atoms with Crippen molar-refractivity contribution in [3.8, 4) is 5.75 Å². The highest BCUT2D eigenvalue weighted by Crippen LogP contribution is 2.21. The van der Waals surface area contributed by atoms with Gasteiger partial charge in [0.2, 0.25) is 5.91 Å². The number of aryl methyl sites for hydroxylation is 2. The molecule has 2 aromatic rings. The Balaban J connectivity index is 2.05. The molecule has 1 heterocycles. The first kappa shape index (κ1) is 14.3. The van der Waals surface area contributed by atoms with E-state index in [0.29, 0.717) is 5.13 Å². The zero-order valence-corrected chi connectivity index (χ0v) is 12.5. The van der Waals surface area contributed by atoms with Crippen molar-refractivity contribution in [1.82, 2.24) is 4.98 Å². The van der Waals surface area contributed by atoms with Crippen molar-refractivity contribution in [3.05, 3.63) is 46.5 Å². The molecule has 1 amide bonds. The van der Waals surface area contributed by atoms with Gasteiger partial charge >= 0.3 is 0 Å². The van der Waals surface area contributed by atoms with E-state index >= 15 is 0 Å². The fraction of sp³-hybridized carbons (Fsp3) is 0.200. The molecular weight excluding hydrogens is 272 g/mol. The Hall–Kier alpha value is -2.14. The molecule has 0 aliphatic carbocycles. The minimum Gasteiger partial charge on any atom is -0.496 e. The zero-order valence-electron chi connectivity index (χ0n) is 11.6. The van der Waals surface area contributed by atoms with Crippen LogP contribution in [0.2, 0.25) is 0 Å². The van der Waals surface area contributed by atoms with Crippen molar-refractivity contribution in [1.29, 1.82) is 0 Å². The summed E-state index contributed by atoms with van der Waals surface area (Å²) in [6.45, 7) is 3.90. The molecule has 2 rings (SSSR count). The van der Waals surface area contributed by atoms with Crippen LogP contribution in [0.25, 0.3) is 6.08 Å². The third kappa shape index (κ3) is 3.45. The third-order valence-electron chi connectivity index (χ3n) is 2.81. The van der Waals surface area contributed by atoms with E-state index in [4.69, 9.17) is 4.74 Å². The van der Waals surface area contributed by atoms with Gasteiger partial charge in [-0.05, 0) is 26.0 Å². The van der Waals surface area contributed by atoms with Crippen molar-refractivity contribution in [2.45, 2.75) is 13.8 Å². The SMILES string of the molecule is COc1ccccc1/C=C/C(=O)Nc1nc(C)c(C)s1.